The van der Waals surface area contributed by atoms with Crippen LogP contribution in [0, 0.1) is 5.92 Å². The second-order valence-corrected chi connectivity index (χ2v) is 7.04. The highest BCUT2D eigenvalue weighted by Crippen LogP contribution is 2.35. The van der Waals surface area contributed by atoms with E-state index in [1.807, 2.05) is 37.4 Å². The smallest absolute Gasteiger partial charge is 0.410 e. The van der Waals surface area contributed by atoms with Gasteiger partial charge in [-0.3, -0.25) is 0 Å². The number of fused-ring (bicyclic) bond motifs is 1. The van der Waals surface area contributed by atoms with Gasteiger partial charge in [0.05, 0.1) is 0 Å². The number of rotatable bonds is 0. The van der Waals surface area contributed by atoms with E-state index in [0.717, 1.165) is 17.9 Å². The Balaban J connectivity index is 2.04. The lowest BCUT2D eigenvalue weighted by Gasteiger charge is -2.32. The molecule has 0 aromatic carbocycles. The Morgan fingerprint density at radius 2 is 2.18 bits per heavy atom. The highest BCUT2D eigenvalue weighted by molar-refractivity contribution is 7.99. The van der Waals surface area contributed by atoms with E-state index in [4.69, 9.17) is 10.5 Å². The number of nitrogens with two attached hydrogens (primary N) is 1. The SMILES string of the molecule is CC(C)(C)OC(=O)N1CC(N)C2CCSCC21. The monoisotopic (exact) mass is 258 g/mol. The van der Waals surface area contributed by atoms with Crippen molar-refractivity contribution in [1.82, 2.24) is 4.90 Å². The van der Waals surface area contributed by atoms with Crippen LogP contribution in [0.5, 0.6) is 0 Å². The molecule has 2 heterocycles. The fourth-order valence-electron chi connectivity index (χ4n) is 2.59. The molecule has 2 fully saturated rings. The molecule has 17 heavy (non-hydrogen) atoms. The summed E-state index contributed by atoms with van der Waals surface area (Å²) in [6, 6.07) is 0.395. The van der Waals surface area contributed by atoms with Crippen molar-refractivity contribution in [2.24, 2.45) is 11.7 Å². The van der Waals surface area contributed by atoms with Crippen LogP contribution in [0.3, 0.4) is 0 Å². The number of amides is 1. The van der Waals surface area contributed by atoms with E-state index in [1.165, 1.54) is 0 Å². The number of hydrogen-bond acceptors (Lipinski definition) is 4. The number of nitrogens with zero attached hydrogens (tertiary/aromatic N) is 1. The lowest BCUT2D eigenvalue weighted by molar-refractivity contribution is 0.0223. The zero-order chi connectivity index (χ0) is 12.6. The average molecular weight is 258 g/mol. The second kappa shape index (κ2) is 4.69. The second-order valence-electron chi connectivity index (χ2n) is 5.89. The topological polar surface area (TPSA) is 55.6 Å². The van der Waals surface area contributed by atoms with Crippen molar-refractivity contribution in [3.05, 3.63) is 0 Å². The summed E-state index contributed by atoms with van der Waals surface area (Å²) in [4.78, 5) is 13.9. The molecule has 4 nitrogen and oxygen atoms in total. The molecule has 3 unspecified atom stereocenters. The number of carbonyl (C=O) groups is 1. The van der Waals surface area contributed by atoms with Crippen LogP contribution in [0.15, 0.2) is 0 Å². The van der Waals surface area contributed by atoms with Crippen LogP contribution in [-0.4, -0.2) is 46.7 Å². The third-order valence-electron chi connectivity index (χ3n) is 3.36. The molecule has 2 saturated heterocycles. The van der Waals surface area contributed by atoms with Crippen molar-refractivity contribution in [3.63, 3.8) is 0 Å². The fraction of sp³-hybridized carbons (Fsp3) is 0.917. The van der Waals surface area contributed by atoms with E-state index < -0.39 is 5.60 Å². The largest absolute Gasteiger partial charge is 0.444 e. The molecule has 3 atom stereocenters. The number of ether oxygens (including phenoxy) is 1. The zero-order valence-electron chi connectivity index (χ0n) is 10.8. The first-order chi connectivity index (χ1) is 7.88. The average Bonchev–Trinajstić information content (AvgIpc) is 2.55. The van der Waals surface area contributed by atoms with Crippen molar-refractivity contribution in [3.8, 4) is 0 Å². The summed E-state index contributed by atoms with van der Waals surface area (Å²) >= 11 is 1.91. The van der Waals surface area contributed by atoms with Crippen molar-refractivity contribution in [2.75, 3.05) is 18.1 Å². The minimum absolute atomic E-state index is 0.119. The molecule has 0 spiro atoms. The van der Waals surface area contributed by atoms with E-state index in [0.29, 0.717) is 12.5 Å². The van der Waals surface area contributed by atoms with Gasteiger partial charge in [-0.2, -0.15) is 11.8 Å². The summed E-state index contributed by atoms with van der Waals surface area (Å²) in [5.74, 6) is 2.62. The van der Waals surface area contributed by atoms with E-state index in [2.05, 4.69) is 0 Å². The van der Waals surface area contributed by atoms with Crippen molar-refractivity contribution < 1.29 is 9.53 Å². The molecule has 0 saturated carbocycles. The van der Waals surface area contributed by atoms with Crippen molar-refractivity contribution in [1.29, 1.82) is 0 Å². The molecule has 0 aliphatic carbocycles. The minimum Gasteiger partial charge on any atom is -0.444 e. The summed E-state index contributed by atoms with van der Waals surface area (Å²) in [5.41, 5.74) is 5.69. The molecule has 1 amide bonds. The van der Waals surface area contributed by atoms with Gasteiger partial charge in [-0.05, 0) is 38.9 Å². The molecule has 2 rings (SSSR count). The van der Waals surface area contributed by atoms with Gasteiger partial charge >= 0.3 is 6.09 Å². The number of likely N-dealkylation sites (tertiary alicyclic amines) is 1. The van der Waals surface area contributed by atoms with E-state index >= 15 is 0 Å². The maximum Gasteiger partial charge on any atom is 0.410 e. The van der Waals surface area contributed by atoms with Crippen LogP contribution >= 0.6 is 11.8 Å². The molecule has 0 aromatic heterocycles. The van der Waals surface area contributed by atoms with E-state index in [1.54, 1.807) is 0 Å². The summed E-state index contributed by atoms with van der Waals surface area (Å²) in [6.45, 7) is 6.33. The standard InChI is InChI=1S/C12H22N2O2S/c1-12(2,3)16-11(15)14-6-9(13)8-4-5-17-7-10(8)14/h8-10H,4-7,13H2,1-3H3. The summed E-state index contributed by atoms with van der Waals surface area (Å²) in [6.07, 6.45) is 0.915. The van der Waals surface area contributed by atoms with Crippen LogP contribution in [0.2, 0.25) is 0 Å². The minimum atomic E-state index is -0.429. The van der Waals surface area contributed by atoms with Gasteiger partial charge in [0.2, 0.25) is 0 Å². The number of carbonyl (C=O) groups excluding carboxylic acids is 1. The predicted octanol–water partition coefficient (Wildman–Crippen LogP) is 1.69. The van der Waals surface area contributed by atoms with Crippen LogP contribution in [0.1, 0.15) is 27.2 Å². The number of thioether (sulfide) groups is 1. The molecule has 0 aromatic rings. The maximum atomic E-state index is 12.1. The lowest BCUT2D eigenvalue weighted by Crippen LogP contribution is -2.43. The van der Waals surface area contributed by atoms with Gasteiger partial charge in [0.25, 0.3) is 0 Å². The van der Waals surface area contributed by atoms with Crippen LogP contribution < -0.4 is 5.73 Å². The molecular formula is C12H22N2O2S. The highest BCUT2D eigenvalue weighted by atomic mass is 32.2. The normalized spacial score (nSPS) is 33.4. The van der Waals surface area contributed by atoms with E-state index in [9.17, 15) is 4.79 Å². The summed E-state index contributed by atoms with van der Waals surface area (Å²) in [5, 5.41) is 0. The van der Waals surface area contributed by atoms with Crippen LogP contribution in [0.25, 0.3) is 0 Å². The zero-order valence-corrected chi connectivity index (χ0v) is 11.6. The molecular weight excluding hydrogens is 236 g/mol. The van der Waals surface area contributed by atoms with Gasteiger partial charge in [-0.1, -0.05) is 0 Å². The van der Waals surface area contributed by atoms with E-state index in [-0.39, 0.29) is 18.2 Å². The summed E-state index contributed by atoms with van der Waals surface area (Å²) < 4.78 is 5.44. The fourth-order valence-corrected chi connectivity index (χ4v) is 3.86. The quantitative estimate of drug-likeness (QED) is 0.718. The Morgan fingerprint density at radius 1 is 1.47 bits per heavy atom. The first-order valence-electron chi connectivity index (χ1n) is 6.21. The van der Waals surface area contributed by atoms with Gasteiger partial charge in [-0.15, -0.1) is 0 Å². The van der Waals surface area contributed by atoms with Gasteiger partial charge in [0.1, 0.15) is 5.60 Å². The first kappa shape index (κ1) is 13.0. The van der Waals surface area contributed by atoms with Crippen molar-refractivity contribution >= 4 is 17.9 Å². The third-order valence-corrected chi connectivity index (χ3v) is 4.47. The van der Waals surface area contributed by atoms with Crippen LogP contribution in [0.4, 0.5) is 4.79 Å². The predicted molar refractivity (Wildman–Crippen MR) is 70.1 cm³/mol. The molecule has 2 aliphatic rings. The lowest BCUT2D eigenvalue weighted by atomic mass is 9.95. The Morgan fingerprint density at radius 3 is 2.82 bits per heavy atom. The van der Waals surface area contributed by atoms with Gasteiger partial charge in [0.15, 0.2) is 0 Å². The third kappa shape index (κ3) is 2.88. The Bertz CT molecular complexity index is 303. The van der Waals surface area contributed by atoms with Crippen LogP contribution in [-0.2, 0) is 4.74 Å². The molecule has 2 aliphatic heterocycles. The highest BCUT2D eigenvalue weighted by Gasteiger charge is 2.44. The molecule has 0 radical (unpaired) electrons. The molecule has 5 heteroatoms. The number of hydrogen-bond donors (Lipinski definition) is 1. The molecule has 2 N–H and O–H groups in total. The van der Waals surface area contributed by atoms with Gasteiger partial charge in [0, 0.05) is 24.4 Å². The Kier molecular flexibility index (Phi) is 3.59. The summed E-state index contributed by atoms with van der Waals surface area (Å²) in [7, 11) is 0. The first-order valence-corrected chi connectivity index (χ1v) is 7.37. The maximum absolute atomic E-state index is 12.1. The Labute approximate surface area is 107 Å². The Hall–Kier alpha value is -0.420. The molecule has 0 bridgehead atoms. The van der Waals surface area contributed by atoms with Crippen molar-refractivity contribution in [2.45, 2.75) is 44.9 Å². The van der Waals surface area contributed by atoms with Gasteiger partial charge < -0.3 is 15.4 Å². The van der Waals surface area contributed by atoms with Gasteiger partial charge in [-0.25, -0.2) is 4.79 Å². The molecule has 98 valence electrons.